The molecule has 1 saturated heterocycles. The Morgan fingerprint density at radius 2 is 1.85 bits per heavy atom. The minimum atomic E-state index is -0.230. The molecule has 4 heteroatoms. The van der Waals surface area contributed by atoms with Crippen LogP contribution in [0.15, 0.2) is 59.7 Å². The molecule has 3 aliphatic rings. The lowest BCUT2D eigenvalue weighted by Gasteiger charge is -2.20. The highest BCUT2D eigenvalue weighted by molar-refractivity contribution is 6.30. The van der Waals surface area contributed by atoms with Crippen molar-refractivity contribution in [3.05, 3.63) is 70.8 Å². The summed E-state index contributed by atoms with van der Waals surface area (Å²) in [5.41, 5.74) is 4.77. The number of rotatable bonds is 4. The van der Waals surface area contributed by atoms with Gasteiger partial charge in [0.1, 0.15) is 12.4 Å². The third-order valence-electron chi connectivity index (χ3n) is 6.03. The summed E-state index contributed by atoms with van der Waals surface area (Å²) in [7, 11) is 0. The van der Waals surface area contributed by atoms with Gasteiger partial charge in [0.05, 0.1) is 11.6 Å². The van der Waals surface area contributed by atoms with Gasteiger partial charge >= 0.3 is 0 Å². The van der Waals surface area contributed by atoms with Crippen LogP contribution in [-0.2, 0) is 16.2 Å². The van der Waals surface area contributed by atoms with Gasteiger partial charge in [-0.15, -0.1) is 0 Å². The Morgan fingerprint density at radius 3 is 2.63 bits per heavy atom. The highest BCUT2D eigenvalue weighted by atomic mass is 16.5. The van der Waals surface area contributed by atoms with Crippen molar-refractivity contribution in [3.8, 4) is 5.75 Å². The monoisotopic (exact) mass is 359 g/mol. The number of aryl methyl sites for hydroxylation is 1. The molecule has 0 N–H and O–H groups in total. The maximum Gasteiger partial charge on any atom is 0.261 e. The minimum absolute atomic E-state index is 0.0823. The smallest absolute Gasteiger partial charge is 0.261 e. The van der Waals surface area contributed by atoms with E-state index in [1.807, 2.05) is 49.4 Å². The average molecular weight is 359 g/mol. The van der Waals surface area contributed by atoms with Crippen LogP contribution < -0.4 is 9.64 Å². The molecule has 136 valence electrons. The molecular weight excluding hydrogens is 338 g/mol. The van der Waals surface area contributed by atoms with Gasteiger partial charge in [-0.05, 0) is 49.8 Å². The lowest BCUT2D eigenvalue weighted by atomic mass is 9.88. The van der Waals surface area contributed by atoms with Gasteiger partial charge in [0, 0.05) is 5.57 Å². The molecule has 2 fully saturated rings. The first-order chi connectivity index (χ1) is 13.1. The normalized spacial score (nSPS) is 23.4. The molecule has 27 heavy (non-hydrogen) atoms. The summed E-state index contributed by atoms with van der Waals surface area (Å²) < 4.78 is 6.00. The van der Waals surface area contributed by atoms with E-state index in [0.717, 1.165) is 30.4 Å². The molecule has 2 aromatic carbocycles. The summed E-state index contributed by atoms with van der Waals surface area (Å²) in [5, 5.41) is 0. The van der Waals surface area contributed by atoms with Crippen molar-refractivity contribution in [1.29, 1.82) is 0 Å². The first kappa shape index (κ1) is 16.3. The van der Waals surface area contributed by atoms with Crippen molar-refractivity contribution in [1.82, 2.24) is 0 Å². The molecule has 4 nitrogen and oxygen atoms in total. The van der Waals surface area contributed by atoms with Crippen molar-refractivity contribution in [3.63, 3.8) is 0 Å². The molecule has 2 unspecified atom stereocenters. The molecule has 1 aliphatic heterocycles. The van der Waals surface area contributed by atoms with Crippen LogP contribution in [0.1, 0.15) is 30.4 Å². The van der Waals surface area contributed by atoms with Gasteiger partial charge in [0.2, 0.25) is 5.91 Å². The largest absolute Gasteiger partial charge is 0.487 e. The van der Waals surface area contributed by atoms with Gasteiger partial charge in [0.25, 0.3) is 5.91 Å². The number of anilines is 1. The molecule has 2 atom stereocenters. The third kappa shape index (κ3) is 2.51. The van der Waals surface area contributed by atoms with Crippen molar-refractivity contribution in [2.24, 2.45) is 11.8 Å². The number of nitrogens with zero attached hydrogens (tertiary/aromatic N) is 1. The van der Waals surface area contributed by atoms with Crippen molar-refractivity contribution in [2.75, 3.05) is 4.90 Å². The number of carbonyl (C=O) groups is 2. The number of ether oxygens (including phenoxy) is 1. The zero-order valence-electron chi connectivity index (χ0n) is 15.3. The Balaban J connectivity index is 1.44. The Kier molecular flexibility index (Phi) is 3.67. The van der Waals surface area contributed by atoms with E-state index in [0.29, 0.717) is 24.0 Å². The second-order valence-corrected chi connectivity index (χ2v) is 7.72. The number of benzene rings is 2. The maximum atomic E-state index is 13.1. The predicted molar refractivity (Wildman–Crippen MR) is 102 cm³/mol. The molecule has 1 heterocycles. The summed E-state index contributed by atoms with van der Waals surface area (Å²) in [4.78, 5) is 27.5. The molecule has 2 amide bonds. The number of allylic oxidation sites excluding steroid dienone is 1. The molecular formula is C23H21NO3. The van der Waals surface area contributed by atoms with E-state index in [-0.39, 0.29) is 17.7 Å². The van der Waals surface area contributed by atoms with Crippen molar-refractivity contribution >= 4 is 17.5 Å². The van der Waals surface area contributed by atoms with Crippen LogP contribution in [0.2, 0.25) is 0 Å². The first-order valence-electron chi connectivity index (χ1n) is 9.51. The van der Waals surface area contributed by atoms with Crippen LogP contribution >= 0.6 is 0 Å². The SMILES string of the molecule is Cc1ccc(COc2ccccc2N2C(=O)C3=C4CCC(C4)C3C2=O)cc1. The standard InChI is InChI=1S/C23H21NO3/c1-14-6-8-15(9-7-14)13-27-19-5-3-2-4-18(19)24-22(25)20-16-10-11-17(12-16)21(20)23(24)26/h2-9,16,20H,10-13H2,1H3. The van der Waals surface area contributed by atoms with E-state index in [2.05, 4.69) is 0 Å². The molecule has 1 saturated carbocycles. The molecule has 2 aromatic rings. The quantitative estimate of drug-likeness (QED) is 0.770. The van der Waals surface area contributed by atoms with Gasteiger partial charge in [-0.3, -0.25) is 9.59 Å². The Bertz CT molecular complexity index is 973. The lowest BCUT2D eigenvalue weighted by Crippen LogP contribution is -2.32. The lowest BCUT2D eigenvalue weighted by molar-refractivity contribution is -0.123. The number of para-hydroxylation sites is 2. The van der Waals surface area contributed by atoms with Crippen LogP contribution in [0, 0.1) is 18.8 Å². The third-order valence-corrected chi connectivity index (χ3v) is 6.03. The number of hydrogen-bond donors (Lipinski definition) is 0. The van der Waals surface area contributed by atoms with Crippen LogP contribution in [-0.4, -0.2) is 11.8 Å². The highest BCUT2D eigenvalue weighted by Crippen LogP contribution is 2.53. The highest BCUT2D eigenvalue weighted by Gasteiger charge is 2.55. The average Bonchev–Trinajstić information content (AvgIpc) is 3.36. The summed E-state index contributed by atoms with van der Waals surface area (Å²) in [5.74, 6) is 0.427. The number of carbonyl (C=O) groups excluding carboxylic acids is 2. The zero-order valence-corrected chi connectivity index (χ0v) is 15.3. The van der Waals surface area contributed by atoms with E-state index in [4.69, 9.17) is 4.74 Å². The molecule has 5 rings (SSSR count). The van der Waals surface area contributed by atoms with Crippen molar-refractivity contribution in [2.45, 2.75) is 32.8 Å². The van der Waals surface area contributed by atoms with Crippen LogP contribution in [0.5, 0.6) is 5.75 Å². The van der Waals surface area contributed by atoms with E-state index in [9.17, 15) is 9.59 Å². The number of amides is 2. The summed E-state index contributed by atoms with van der Waals surface area (Å²) in [6, 6.07) is 15.5. The molecule has 0 radical (unpaired) electrons. The fraction of sp³-hybridized carbons (Fsp3) is 0.304. The summed E-state index contributed by atoms with van der Waals surface area (Å²) in [6.45, 7) is 2.44. The molecule has 0 aromatic heterocycles. The number of hydrogen-bond acceptors (Lipinski definition) is 3. The van der Waals surface area contributed by atoms with Crippen LogP contribution in [0.4, 0.5) is 5.69 Å². The second-order valence-electron chi connectivity index (χ2n) is 7.72. The maximum absolute atomic E-state index is 13.1. The Morgan fingerprint density at radius 1 is 1.07 bits per heavy atom. The fourth-order valence-electron chi connectivity index (χ4n) is 4.67. The van der Waals surface area contributed by atoms with E-state index in [1.165, 1.54) is 16.0 Å². The zero-order chi connectivity index (χ0) is 18.5. The van der Waals surface area contributed by atoms with Crippen LogP contribution in [0.25, 0.3) is 0 Å². The van der Waals surface area contributed by atoms with E-state index < -0.39 is 0 Å². The summed E-state index contributed by atoms with van der Waals surface area (Å²) in [6.07, 6.45) is 2.92. The Hall–Kier alpha value is -2.88. The van der Waals surface area contributed by atoms with E-state index in [1.54, 1.807) is 6.07 Å². The first-order valence-corrected chi connectivity index (χ1v) is 9.51. The summed E-state index contributed by atoms with van der Waals surface area (Å²) >= 11 is 0. The van der Waals surface area contributed by atoms with Gasteiger partial charge in [-0.1, -0.05) is 47.5 Å². The van der Waals surface area contributed by atoms with Crippen molar-refractivity contribution < 1.29 is 14.3 Å². The van der Waals surface area contributed by atoms with E-state index >= 15 is 0 Å². The predicted octanol–water partition coefficient (Wildman–Crippen LogP) is 4.17. The van der Waals surface area contributed by atoms with Gasteiger partial charge < -0.3 is 4.74 Å². The van der Waals surface area contributed by atoms with Gasteiger partial charge in [-0.25, -0.2) is 4.90 Å². The molecule has 2 aliphatic carbocycles. The fourth-order valence-corrected chi connectivity index (χ4v) is 4.67. The second kappa shape index (κ2) is 6.08. The van der Waals surface area contributed by atoms with Gasteiger partial charge in [0.15, 0.2) is 0 Å². The molecule has 0 spiro atoms. The Labute approximate surface area is 158 Å². The van der Waals surface area contributed by atoms with Crippen LogP contribution in [0.3, 0.4) is 0 Å². The van der Waals surface area contributed by atoms with Gasteiger partial charge in [-0.2, -0.15) is 0 Å². The topological polar surface area (TPSA) is 46.6 Å². The minimum Gasteiger partial charge on any atom is -0.487 e. The molecule has 2 bridgehead atoms. The number of imide groups is 1. The number of fused-ring (bicyclic) bond motifs is 4.